The lowest BCUT2D eigenvalue weighted by Gasteiger charge is -2.36. The van der Waals surface area contributed by atoms with Gasteiger partial charge in [-0.25, -0.2) is 8.42 Å². The van der Waals surface area contributed by atoms with Crippen molar-refractivity contribution >= 4 is 21.9 Å². The molecule has 2 saturated heterocycles. The third kappa shape index (κ3) is 3.15. The maximum absolute atomic E-state index is 12.8. The van der Waals surface area contributed by atoms with E-state index in [0.29, 0.717) is 18.5 Å². The number of aryl methyl sites for hydroxylation is 2. The van der Waals surface area contributed by atoms with E-state index in [-0.39, 0.29) is 48.7 Å². The van der Waals surface area contributed by atoms with E-state index in [1.807, 2.05) is 0 Å². The second-order valence-electron chi connectivity index (χ2n) is 6.57. The van der Waals surface area contributed by atoms with Crippen LogP contribution < -0.4 is 0 Å². The van der Waals surface area contributed by atoms with Crippen LogP contribution in [0, 0.1) is 19.8 Å². The highest BCUT2D eigenvalue weighted by molar-refractivity contribution is 7.89. The zero-order valence-electron chi connectivity index (χ0n) is 14.1. The van der Waals surface area contributed by atoms with Gasteiger partial charge < -0.3 is 14.5 Å². The summed E-state index contributed by atoms with van der Waals surface area (Å²) in [6, 6.07) is -0.118. The van der Waals surface area contributed by atoms with Crippen molar-refractivity contribution in [1.29, 1.82) is 0 Å². The quantitative estimate of drug-likeness (QED) is 0.812. The van der Waals surface area contributed by atoms with Crippen LogP contribution in [0.5, 0.6) is 0 Å². The summed E-state index contributed by atoms with van der Waals surface area (Å²) in [5.41, 5.74) is 0.332. The van der Waals surface area contributed by atoms with Gasteiger partial charge in [-0.15, -0.1) is 0 Å². The average Bonchev–Trinajstić information content (AvgIpc) is 3.10. The van der Waals surface area contributed by atoms with Crippen LogP contribution in [0.4, 0.5) is 0 Å². The van der Waals surface area contributed by atoms with Gasteiger partial charge in [-0.3, -0.25) is 9.59 Å². The number of hydrogen-bond donors (Lipinski definition) is 1. The first-order valence-corrected chi connectivity index (χ1v) is 9.61. The highest BCUT2D eigenvalue weighted by Crippen LogP contribution is 2.29. The molecule has 2 aliphatic heterocycles. The molecule has 138 valence electrons. The molecule has 1 unspecified atom stereocenters. The van der Waals surface area contributed by atoms with Crippen molar-refractivity contribution in [2.45, 2.75) is 44.0 Å². The standard InChI is InChI=1S/C15H21N3O6S/c1-9-14(10(2)24-16-9)25(22,23)17-5-3-12(4-6-17)18-8-11(15(20)21)7-13(18)19/h11-12H,3-8H2,1-2H3,(H,20,21). The second kappa shape index (κ2) is 6.41. The number of nitrogens with zero attached hydrogens (tertiary/aromatic N) is 3. The minimum absolute atomic E-state index is 0.0208. The van der Waals surface area contributed by atoms with Gasteiger partial charge in [0.2, 0.25) is 15.9 Å². The number of carbonyl (C=O) groups excluding carboxylic acids is 1. The summed E-state index contributed by atoms with van der Waals surface area (Å²) in [4.78, 5) is 24.8. The molecule has 9 nitrogen and oxygen atoms in total. The average molecular weight is 371 g/mol. The van der Waals surface area contributed by atoms with Crippen molar-refractivity contribution < 1.29 is 27.6 Å². The van der Waals surface area contributed by atoms with E-state index in [1.54, 1.807) is 18.7 Å². The number of carbonyl (C=O) groups is 2. The smallest absolute Gasteiger partial charge is 0.308 e. The maximum Gasteiger partial charge on any atom is 0.308 e. The largest absolute Gasteiger partial charge is 0.481 e. The van der Waals surface area contributed by atoms with Crippen molar-refractivity contribution in [2.24, 2.45) is 5.92 Å². The Kier molecular flexibility index (Phi) is 4.58. The van der Waals surface area contributed by atoms with Gasteiger partial charge in [0.05, 0.1) is 5.92 Å². The molecule has 1 N–H and O–H groups in total. The van der Waals surface area contributed by atoms with Gasteiger partial charge in [0, 0.05) is 32.1 Å². The number of hydrogen-bond acceptors (Lipinski definition) is 6. The van der Waals surface area contributed by atoms with Crippen LogP contribution in [-0.2, 0) is 19.6 Å². The SMILES string of the molecule is Cc1noc(C)c1S(=O)(=O)N1CCC(N2CC(C(=O)O)CC2=O)CC1. The van der Waals surface area contributed by atoms with E-state index in [2.05, 4.69) is 5.16 Å². The number of carboxylic acid groups (broad SMARTS) is 1. The first-order valence-electron chi connectivity index (χ1n) is 8.17. The zero-order chi connectivity index (χ0) is 18.4. The van der Waals surface area contributed by atoms with Crippen LogP contribution >= 0.6 is 0 Å². The number of rotatable bonds is 4. The minimum atomic E-state index is -3.69. The Bertz CT molecular complexity index is 775. The Labute approximate surface area is 145 Å². The molecule has 1 aromatic rings. The number of likely N-dealkylation sites (tertiary alicyclic amines) is 1. The summed E-state index contributed by atoms with van der Waals surface area (Å²) in [7, 11) is -3.69. The number of aromatic nitrogens is 1. The number of aliphatic carboxylic acids is 1. The van der Waals surface area contributed by atoms with Crippen molar-refractivity contribution in [3.8, 4) is 0 Å². The molecule has 1 atom stereocenters. The number of amides is 1. The lowest BCUT2D eigenvalue weighted by molar-refractivity contribution is -0.141. The maximum atomic E-state index is 12.8. The van der Waals surface area contributed by atoms with Gasteiger partial charge in [-0.1, -0.05) is 5.16 Å². The first-order chi connectivity index (χ1) is 11.7. The summed E-state index contributed by atoms with van der Waals surface area (Å²) in [6.45, 7) is 3.91. The highest BCUT2D eigenvalue weighted by atomic mass is 32.2. The molecule has 0 radical (unpaired) electrons. The summed E-state index contributed by atoms with van der Waals surface area (Å²) in [5, 5.41) is 12.8. The van der Waals surface area contributed by atoms with Crippen molar-refractivity contribution in [1.82, 2.24) is 14.4 Å². The van der Waals surface area contributed by atoms with E-state index in [0.717, 1.165) is 0 Å². The van der Waals surface area contributed by atoms with Crippen LogP contribution in [0.3, 0.4) is 0 Å². The molecular weight excluding hydrogens is 350 g/mol. The van der Waals surface area contributed by atoms with E-state index in [4.69, 9.17) is 9.63 Å². The molecule has 1 amide bonds. The normalized spacial score (nSPS) is 23.4. The van der Waals surface area contributed by atoms with Crippen LogP contribution in [0.1, 0.15) is 30.7 Å². The van der Waals surface area contributed by atoms with E-state index in [9.17, 15) is 18.0 Å². The van der Waals surface area contributed by atoms with Crippen molar-refractivity contribution in [3.63, 3.8) is 0 Å². The number of sulfonamides is 1. The van der Waals surface area contributed by atoms with Crippen LogP contribution in [0.15, 0.2) is 9.42 Å². The summed E-state index contributed by atoms with van der Waals surface area (Å²) in [6.07, 6.45) is 0.994. The Morgan fingerprint density at radius 1 is 1.28 bits per heavy atom. The van der Waals surface area contributed by atoms with Crippen LogP contribution in [-0.4, -0.2) is 65.4 Å². The van der Waals surface area contributed by atoms with Crippen LogP contribution in [0.25, 0.3) is 0 Å². The predicted molar refractivity (Wildman–Crippen MR) is 85.2 cm³/mol. The molecule has 10 heteroatoms. The molecule has 0 spiro atoms. The molecule has 2 aliphatic rings. The summed E-state index contributed by atoms with van der Waals surface area (Å²) < 4.78 is 31.9. The van der Waals surface area contributed by atoms with Crippen molar-refractivity contribution in [2.75, 3.05) is 19.6 Å². The van der Waals surface area contributed by atoms with Gasteiger partial charge in [0.25, 0.3) is 0 Å². The van der Waals surface area contributed by atoms with Gasteiger partial charge >= 0.3 is 5.97 Å². The molecule has 0 bridgehead atoms. The third-order valence-corrected chi connectivity index (χ3v) is 7.08. The van der Waals surface area contributed by atoms with Crippen molar-refractivity contribution in [3.05, 3.63) is 11.5 Å². The fourth-order valence-corrected chi connectivity index (χ4v) is 5.38. The predicted octanol–water partition coefficient (Wildman–Crippen LogP) is 0.378. The Morgan fingerprint density at radius 3 is 2.40 bits per heavy atom. The van der Waals surface area contributed by atoms with E-state index < -0.39 is 21.9 Å². The first kappa shape index (κ1) is 17.9. The van der Waals surface area contributed by atoms with Gasteiger partial charge in [-0.05, 0) is 26.7 Å². The van der Waals surface area contributed by atoms with Crippen LogP contribution in [0.2, 0.25) is 0 Å². The zero-order valence-corrected chi connectivity index (χ0v) is 15.0. The molecule has 1 aromatic heterocycles. The number of carboxylic acids is 1. The van der Waals surface area contributed by atoms with Gasteiger partial charge in [-0.2, -0.15) is 4.31 Å². The summed E-state index contributed by atoms with van der Waals surface area (Å²) >= 11 is 0. The third-order valence-electron chi connectivity index (χ3n) is 4.94. The number of piperidine rings is 1. The molecule has 3 heterocycles. The lowest BCUT2D eigenvalue weighted by atomic mass is 10.1. The molecular formula is C15H21N3O6S. The van der Waals surface area contributed by atoms with Gasteiger partial charge in [0.1, 0.15) is 10.6 Å². The topological polar surface area (TPSA) is 121 Å². The highest BCUT2D eigenvalue weighted by Gasteiger charge is 2.41. The molecule has 0 aliphatic carbocycles. The second-order valence-corrected chi connectivity index (χ2v) is 8.45. The Morgan fingerprint density at radius 2 is 1.92 bits per heavy atom. The van der Waals surface area contributed by atoms with Gasteiger partial charge in [0.15, 0.2) is 5.76 Å². The fourth-order valence-electron chi connectivity index (χ4n) is 3.62. The lowest BCUT2D eigenvalue weighted by Crippen LogP contribution is -2.47. The molecule has 3 rings (SSSR count). The fraction of sp³-hybridized carbons (Fsp3) is 0.667. The molecule has 2 fully saturated rings. The van der Waals surface area contributed by atoms with E-state index >= 15 is 0 Å². The molecule has 0 aromatic carbocycles. The Balaban J connectivity index is 1.68. The molecule has 0 saturated carbocycles. The summed E-state index contributed by atoms with van der Waals surface area (Å²) in [5.74, 6) is -1.54. The minimum Gasteiger partial charge on any atom is -0.481 e. The Hall–Kier alpha value is -1.94. The molecule has 25 heavy (non-hydrogen) atoms. The monoisotopic (exact) mass is 371 g/mol. The van der Waals surface area contributed by atoms with E-state index in [1.165, 1.54) is 4.31 Å².